The van der Waals surface area contributed by atoms with Gasteiger partial charge in [0.1, 0.15) is 0 Å². The lowest BCUT2D eigenvalue weighted by Gasteiger charge is -2.18. The van der Waals surface area contributed by atoms with Gasteiger partial charge in [0.05, 0.1) is 11.1 Å². The number of nitrogens with zero attached hydrogens (tertiary/aromatic N) is 3. The molecule has 0 bridgehead atoms. The van der Waals surface area contributed by atoms with E-state index in [1.54, 1.807) is 18.0 Å². The van der Waals surface area contributed by atoms with Crippen molar-refractivity contribution in [2.24, 2.45) is 0 Å². The van der Waals surface area contributed by atoms with E-state index in [9.17, 15) is 9.59 Å². The van der Waals surface area contributed by atoms with Crippen molar-refractivity contribution < 1.29 is 14.3 Å². The predicted octanol–water partition coefficient (Wildman–Crippen LogP) is 4.24. The number of amides is 1. The molecule has 0 atom stereocenters. The molecule has 0 saturated heterocycles. The third-order valence-corrected chi connectivity index (χ3v) is 5.17. The average molecular weight is 420 g/mol. The van der Waals surface area contributed by atoms with E-state index < -0.39 is 5.97 Å². The monoisotopic (exact) mass is 419 g/mol. The fraction of sp³-hybridized carbons (Fsp3) is 0.320. The maximum absolute atomic E-state index is 12.8. The van der Waals surface area contributed by atoms with Crippen molar-refractivity contribution in [3.05, 3.63) is 71.4 Å². The highest BCUT2D eigenvalue weighted by Gasteiger charge is 2.18. The molecule has 6 nitrogen and oxygen atoms in total. The highest BCUT2D eigenvalue weighted by molar-refractivity contribution is 6.04. The number of ether oxygens (including phenoxy) is 1. The number of pyridine rings is 1. The number of fused-ring (bicyclic) bond motifs is 1. The number of likely N-dealkylation sites (N-methyl/N-ethyl adjacent to an activating group) is 1. The van der Waals surface area contributed by atoms with E-state index in [2.05, 4.69) is 4.98 Å². The van der Waals surface area contributed by atoms with Crippen LogP contribution < -0.4 is 4.90 Å². The quantitative estimate of drug-likeness (QED) is 0.536. The Morgan fingerprint density at radius 2 is 1.68 bits per heavy atom. The molecule has 31 heavy (non-hydrogen) atoms. The Kier molecular flexibility index (Phi) is 6.90. The maximum Gasteiger partial charge on any atom is 0.339 e. The Bertz CT molecular complexity index is 1080. The highest BCUT2D eigenvalue weighted by atomic mass is 16.5. The number of anilines is 1. The first kappa shape index (κ1) is 22.3. The van der Waals surface area contributed by atoms with Gasteiger partial charge in [0, 0.05) is 44.5 Å². The number of benzene rings is 2. The molecule has 0 spiro atoms. The second kappa shape index (κ2) is 9.60. The molecular weight excluding hydrogens is 390 g/mol. The summed E-state index contributed by atoms with van der Waals surface area (Å²) in [7, 11) is 5.67. The van der Waals surface area contributed by atoms with Crippen molar-refractivity contribution in [1.29, 1.82) is 0 Å². The summed E-state index contributed by atoms with van der Waals surface area (Å²) in [6.07, 6.45) is 0. The Balaban J connectivity index is 1.66. The first-order valence-corrected chi connectivity index (χ1v) is 10.3. The van der Waals surface area contributed by atoms with Crippen LogP contribution in [0.3, 0.4) is 0 Å². The van der Waals surface area contributed by atoms with Gasteiger partial charge in [0.25, 0.3) is 5.91 Å². The minimum Gasteiger partial charge on any atom is -0.452 e. The average Bonchev–Trinajstić information content (AvgIpc) is 2.76. The van der Waals surface area contributed by atoms with Gasteiger partial charge in [0.15, 0.2) is 6.61 Å². The van der Waals surface area contributed by atoms with Crippen LogP contribution >= 0.6 is 0 Å². The van der Waals surface area contributed by atoms with E-state index >= 15 is 0 Å². The first-order chi connectivity index (χ1) is 14.8. The maximum atomic E-state index is 12.8. The number of para-hydroxylation sites is 1. The van der Waals surface area contributed by atoms with Crippen LogP contribution in [0.5, 0.6) is 0 Å². The summed E-state index contributed by atoms with van der Waals surface area (Å²) in [5, 5.41) is 0.721. The normalized spacial score (nSPS) is 10.9. The van der Waals surface area contributed by atoms with Crippen molar-refractivity contribution in [1.82, 2.24) is 9.88 Å². The molecule has 0 saturated carbocycles. The van der Waals surface area contributed by atoms with Crippen LogP contribution in [0.25, 0.3) is 10.9 Å². The smallest absolute Gasteiger partial charge is 0.339 e. The fourth-order valence-corrected chi connectivity index (χ4v) is 3.24. The molecule has 0 N–H and O–H groups in total. The van der Waals surface area contributed by atoms with Gasteiger partial charge >= 0.3 is 5.97 Å². The Hall–Kier alpha value is -3.41. The number of hydrogen-bond acceptors (Lipinski definition) is 5. The summed E-state index contributed by atoms with van der Waals surface area (Å²) in [4.78, 5) is 33.5. The van der Waals surface area contributed by atoms with Crippen LogP contribution in [0.2, 0.25) is 0 Å². The van der Waals surface area contributed by atoms with Crippen LogP contribution in [0.15, 0.2) is 54.6 Å². The summed E-state index contributed by atoms with van der Waals surface area (Å²) in [6, 6.07) is 17.2. The van der Waals surface area contributed by atoms with E-state index in [4.69, 9.17) is 4.74 Å². The Morgan fingerprint density at radius 1 is 1.00 bits per heavy atom. The zero-order valence-electron chi connectivity index (χ0n) is 18.8. The number of carbonyl (C=O) groups is 2. The third kappa shape index (κ3) is 5.40. The molecular formula is C25H29N3O3. The van der Waals surface area contributed by atoms with Crippen LogP contribution in [0.4, 0.5) is 5.69 Å². The van der Waals surface area contributed by atoms with Gasteiger partial charge in [-0.05, 0) is 35.7 Å². The van der Waals surface area contributed by atoms with Gasteiger partial charge in [-0.25, -0.2) is 4.79 Å². The van der Waals surface area contributed by atoms with E-state index in [0.29, 0.717) is 12.1 Å². The van der Waals surface area contributed by atoms with Gasteiger partial charge in [-0.15, -0.1) is 0 Å². The summed E-state index contributed by atoms with van der Waals surface area (Å²) >= 11 is 0. The number of carbonyl (C=O) groups excluding carboxylic acids is 2. The fourth-order valence-electron chi connectivity index (χ4n) is 3.24. The SMILES string of the molecule is CC(C)c1cc(C(=O)OCC(=O)N(C)Cc2ccc(N(C)C)cc2)c2ccccc2n1. The summed E-state index contributed by atoms with van der Waals surface area (Å²) in [5.74, 6) is -0.604. The Labute approximate surface area is 183 Å². The van der Waals surface area contributed by atoms with E-state index in [-0.39, 0.29) is 18.4 Å². The van der Waals surface area contributed by atoms with E-state index in [0.717, 1.165) is 27.8 Å². The molecule has 1 aromatic heterocycles. The lowest BCUT2D eigenvalue weighted by Crippen LogP contribution is -2.30. The molecule has 0 aliphatic rings. The molecule has 1 heterocycles. The van der Waals surface area contributed by atoms with Crippen LogP contribution in [-0.2, 0) is 16.1 Å². The number of aromatic nitrogens is 1. The topological polar surface area (TPSA) is 62.7 Å². The Morgan fingerprint density at radius 3 is 2.32 bits per heavy atom. The lowest BCUT2D eigenvalue weighted by atomic mass is 10.0. The molecule has 0 fully saturated rings. The van der Waals surface area contributed by atoms with E-state index in [1.807, 2.05) is 81.4 Å². The van der Waals surface area contributed by atoms with Crippen molar-refractivity contribution in [3.8, 4) is 0 Å². The zero-order chi connectivity index (χ0) is 22.5. The molecule has 1 amide bonds. The number of esters is 1. The minimum atomic E-state index is -0.516. The first-order valence-electron chi connectivity index (χ1n) is 10.3. The molecule has 3 rings (SSSR count). The second-order valence-electron chi connectivity index (χ2n) is 8.15. The lowest BCUT2D eigenvalue weighted by molar-refractivity contribution is -0.133. The zero-order valence-corrected chi connectivity index (χ0v) is 18.8. The molecule has 6 heteroatoms. The number of rotatable bonds is 7. The van der Waals surface area contributed by atoms with Crippen molar-refractivity contribution in [2.75, 3.05) is 32.6 Å². The summed E-state index contributed by atoms with van der Waals surface area (Å²) in [5.41, 5.74) is 4.09. The van der Waals surface area contributed by atoms with Gasteiger partial charge in [-0.1, -0.05) is 44.2 Å². The van der Waals surface area contributed by atoms with Crippen LogP contribution in [-0.4, -0.2) is 49.5 Å². The largest absolute Gasteiger partial charge is 0.452 e. The molecule has 0 aliphatic heterocycles. The molecule has 2 aromatic carbocycles. The summed E-state index contributed by atoms with van der Waals surface area (Å²) in [6.45, 7) is 4.18. The standard InChI is InChI=1S/C25H29N3O3/c1-17(2)23-14-21(20-8-6-7-9-22(20)26-23)25(30)31-16-24(29)28(5)15-18-10-12-19(13-11-18)27(3)4/h6-14,17H,15-16H2,1-5H3. The van der Waals surface area contributed by atoms with Crippen molar-refractivity contribution in [2.45, 2.75) is 26.3 Å². The van der Waals surface area contributed by atoms with Gasteiger partial charge in [-0.3, -0.25) is 9.78 Å². The molecule has 0 unspecified atom stereocenters. The molecule has 0 radical (unpaired) electrons. The predicted molar refractivity (Wildman–Crippen MR) is 123 cm³/mol. The van der Waals surface area contributed by atoms with Gasteiger partial charge in [-0.2, -0.15) is 0 Å². The molecule has 162 valence electrons. The summed E-state index contributed by atoms with van der Waals surface area (Å²) < 4.78 is 5.38. The second-order valence-corrected chi connectivity index (χ2v) is 8.15. The van der Waals surface area contributed by atoms with E-state index in [1.165, 1.54) is 0 Å². The minimum absolute atomic E-state index is 0.169. The van der Waals surface area contributed by atoms with Crippen molar-refractivity contribution in [3.63, 3.8) is 0 Å². The van der Waals surface area contributed by atoms with Crippen LogP contribution in [0.1, 0.15) is 41.4 Å². The van der Waals surface area contributed by atoms with Crippen LogP contribution in [0, 0.1) is 0 Å². The molecule has 0 aliphatic carbocycles. The third-order valence-electron chi connectivity index (χ3n) is 5.17. The van der Waals surface area contributed by atoms with Gasteiger partial charge < -0.3 is 14.5 Å². The highest BCUT2D eigenvalue weighted by Crippen LogP contribution is 2.23. The number of hydrogen-bond donors (Lipinski definition) is 0. The van der Waals surface area contributed by atoms with Gasteiger partial charge in [0.2, 0.25) is 0 Å². The van der Waals surface area contributed by atoms with Crippen molar-refractivity contribution >= 4 is 28.5 Å². The molecule has 3 aromatic rings.